The smallest absolute Gasteiger partial charge is 0.238 e. The molecule has 4 rings (SSSR count). The largest absolute Gasteiger partial charge is 0.494 e. The number of hydrazine groups is 1. The van der Waals surface area contributed by atoms with Crippen LogP contribution in [0.3, 0.4) is 0 Å². The molecule has 0 spiro atoms. The summed E-state index contributed by atoms with van der Waals surface area (Å²) < 4.78 is 5.76. The van der Waals surface area contributed by atoms with Crippen LogP contribution in [0.5, 0.6) is 5.75 Å². The van der Waals surface area contributed by atoms with Crippen LogP contribution in [0.2, 0.25) is 0 Å². The van der Waals surface area contributed by atoms with E-state index in [0.29, 0.717) is 107 Å². The molecule has 0 bridgehead atoms. The zero-order chi connectivity index (χ0) is 104. The number of amides is 3. The minimum Gasteiger partial charge on any atom is -0.494 e. The molecule has 1 heterocycles. The lowest BCUT2D eigenvalue weighted by atomic mass is 9.74. The van der Waals surface area contributed by atoms with Crippen molar-refractivity contribution in [1.82, 2.24) is 10.3 Å². The van der Waals surface area contributed by atoms with Gasteiger partial charge in [-0.1, -0.05) is 299 Å². The standard InChI is InChI=1S/C23H38N2O3S2.C18H29NO3.C16H29NO.C12H24OS2.C12H24OS.C10H20OS2.C10H20OS.C10H20O/c1-17(2)21(26)9-8-16-28-20-12-10-19(11-13-20)25(7)24-22(27)14-15-23(5,6)30-29-18(3)4;1-11(2)15-9-16(20)19(18(15)22)10-13-5-7-14(8-6-13)17(21)12(3)4;1-12(2)17-11-15(18)14-8-6-13(7-9-14)10-16(3,4)5;1-10(2)12(13)8-6-5-7-9-14-15-11(3)4;1-10(2)12(13)8-6-5-7-9-14-11(3)4;1-8(2)10(11)6-5-7-12-13-9(3)4;1-8(2)10(11)6-5-7-12-9(3)4;1-8(2)6-5-7-10(11)9(3)4/h10-13,17-18H,8-9,14-16H2,1-7H3,(H,24,27);11-15H,5-10H2,1-4H3;13-14H,6-11H2,1-5H3;10-11H,5-9H2,1-4H3;10-11H,5-9H2,1-4H3;8-9H,5-7H2,1-4H3;8-9H,5-7H2,1-4H3;8-9H,5-7H2,1-4H3. The van der Waals surface area contributed by atoms with Gasteiger partial charge in [-0.3, -0.25) is 73.1 Å². The van der Waals surface area contributed by atoms with Crippen molar-refractivity contribution >= 4 is 164 Å². The molecule has 1 unspecified atom stereocenters. The molecule has 1 aromatic rings. The number of Topliss-reactive ketones (excluding diaryl/α,β-unsaturated/α-hetero) is 8. The first kappa shape index (κ1) is 139. The molecule has 3 aliphatic rings. The Labute approximate surface area is 862 Å². The Morgan fingerprint density at radius 2 is 0.844 bits per heavy atom. The summed E-state index contributed by atoms with van der Waals surface area (Å²) in [5, 5.41) is 5.15. The normalized spacial score (nSPS) is 16.1. The van der Waals surface area contributed by atoms with Crippen molar-refractivity contribution in [3.63, 3.8) is 0 Å². The number of ketones is 8. The van der Waals surface area contributed by atoms with Crippen molar-refractivity contribution in [3.05, 3.63) is 24.3 Å². The summed E-state index contributed by atoms with van der Waals surface area (Å²) in [6.45, 7) is 74.6. The number of likely N-dealkylation sites (tertiary alicyclic amines) is 1. The second-order valence-corrected chi connectivity index (χ2v) is 56.5. The van der Waals surface area contributed by atoms with Gasteiger partial charge in [0.15, 0.2) is 5.78 Å². The molecular weight excluding hydrogens is 1840 g/mol. The number of imide groups is 1. The van der Waals surface area contributed by atoms with E-state index in [2.05, 4.69) is 128 Å². The van der Waals surface area contributed by atoms with Gasteiger partial charge < -0.3 is 4.74 Å². The lowest BCUT2D eigenvalue weighted by molar-refractivity contribution is -0.141. The molecule has 1 aromatic carbocycles. The van der Waals surface area contributed by atoms with E-state index < -0.39 is 0 Å². The molecule has 3 amide bonds. The van der Waals surface area contributed by atoms with E-state index in [1.54, 1.807) is 5.01 Å². The summed E-state index contributed by atoms with van der Waals surface area (Å²) in [4.78, 5) is 134. The van der Waals surface area contributed by atoms with Crippen LogP contribution < -0.4 is 15.2 Å². The fraction of sp³-hybridized carbons (Fsp3) is 0.838. The van der Waals surface area contributed by atoms with E-state index in [9.17, 15) is 52.7 Å². The molecule has 2 saturated carbocycles. The van der Waals surface area contributed by atoms with Gasteiger partial charge in [0.05, 0.1) is 18.8 Å². The Balaban J connectivity index is -0.000000744. The highest BCUT2D eigenvalue weighted by molar-refractivity contribution is 8.77. The van der Waals surface area contributed by atoms with Gasteiger partial charge in [0.2, 0.25) is 17.7 Å². The lowest BCUT2D eigenvalue weighted by Gasteiger charge is -2.31. The molecule has 0 aromatic heterocycles. The summed E-state index contributed by atoms with van der Waals surface area (Å²) >= 11 is 3.94. The average molecular weight is 2040 g/mol. The number of anilines is 1. The van der Waals surface area contributed by atoms with Gasteiger partial charge in [-0.25, -0.2) is 0 Å². The van der Waals surface area contributed by atoms with E-state index in [1.165, 1.54) is 67.8 Å². The number of ether oxygens (including phenoxy) is 1. The summed E-state index contributed by atoms with van der Waals surface area (Å²) in [6.07, 6.45) is 27.8. The molecule has 1 N–H and O–H groups in total. The van der Waals surface area contributed by atoms with Crippen molar-refractivity contribution < 1.29 is 57.5 Å². The fourth-order valence-electron chi connectivity index (χ4n) is 14.1. The van der Waals surface area contributed by atoms with Gasteiger partial charge >= 0.3 is 0 Å². The van der Waals surface area contributed by atoms with Gasteiger partial charge in [-0.15, -0.1) is 0 Å². The van der Waals surface area contributed by atoms with Crippen LogP contribution in [0.4, 0.5) is 5.69 Å². The summed E-state index contributed by atoms with van der Waals surface area (Å²) in [7, 11) is 13.2. The summed E-state index contributed by atoms with van der Waals surface area (Å²) in [5.74, 6) is 12.3. The van der Waals surface area contributed by atoms with Crippen LogP contribution in [0.1, 0.15) is 429 Å². The van der Waals surface area contributed by atoms with Gasteiger partial charge in [-0.05, 0) is 219 Å². The number of aliphatic imine (C=N–C) groups is 1. The van der Waals surface area contributed by atoms with Gasteiger partial charge in [0.25, 0.3) is 0 Å². The number of thioether (sulfide) groups is 2. The maximum atomic E-state index is 12.3. The molecular formula is C111H204N4O12S8. The van der Waals surface area contributed by atoms with E-state index in [4.69, 9.17) is 4.74 Å². The van der Waals surface area contributed by atoms with Gasteiger partial charge in [0, 0.05) is 162 Å². The summed E-state index contributed by atoms with van der Waals surface area (Å²) in [5.41, 5.74) is 5.24. The maximum Gasteiger partial charge on any atom is 0.238 e. The Hall–Kier alpha value is -2.74. The molecule has 24 heteroatoms. The highest BCUT2D eigenvalue weighted by Crippen LogP contribution is 2.42. The third-order valence-electron chi connectivity index (χ3n) is 22.8. The first-order valence-electron chi connectivity index (χ1n) is 52.2. The molecule has 3 fully saturated rings. The van der Waals surface area contributed by atoms with Crippen LogP contribution in [0.15, 0.2) is 29.3 Å². The fourth-order valence-corrected chi connectivity index (χ4v) is 22.2. The molecule has 1 aliphatic heterocycles. The van der Waals surface area contributed by atoms with Crippen LogP contribution in [-0.4, -0.2) is 155 Å². The van der Waals surface area contributed by atoms with Crippen molar-refractivity contribution in [3.8, 4) is 5.75 Å². The van der Waals surface area contributed by atoms with E-state index in [0.717, 1.165) is 167 Å². The molecule has 135 heavy (non-hydrogen) atoms. The van der Waals surface area contributed by atoms with Crippen LogP contribution in [0, 0.1) is 88.3 Å². The Morgan fingerprint density at radius 1 is 0.452 bits per heavy atom. The first-order chi connectivity index (χ1) is 62.8. The van der Waals surface area contributed by atoms with Crippen LogP contribution >= 0.6 is 88.3 Å². The molecule has 788 valence electrons. The Bertz CT molecular complexity index is 3350. The van der Waals surface area contributed by atoms with Crippen LogP contribution in [-0.2, 0) is 52.7 Å². The maximum absolute atomic E-state index is 12.3. The number of hydrogen-bond donors (Lipinski definition) is 1. The first-order valence-corrected chi connectivity index (χ1v) is 61.3. The molecule has 1 saturated heterocycles. The summed E-state index contributed by atoms with van der Waals surface area (Å²) in [6, 6.07) is 7.58. The van der Waals surface area contributed by atoms with E-state index in [-0.39, 0.29) is 93.3 Å². The second kappa shape index (κ2) is 81.5. The third kappa shape index (κ3) is 81.3. The lowest BCUT2D eigenvalue weighted by Crippen LogP contribution is -2.39. The van der Waals surface area contributed by atoms with Crippen molar-refractivity contribution in [2.24, 2.45) is 93.3 Å². The van der Waals surface area contributed by atoms with Crippen molar-refractivity contribution in [1.29, 1.82) is 0 Å². The molecule has 0 radical (unpaired) electrons. The number of unbranched alkanes of at least 4 members (excludes halogenated alkanes) is 4. The number of hydrogen-bond acceptors (Lipinski definition) is 22. The Kier molecular flexibility index (Phi) is 83.7. The van der Waals surface area contributed by atoms with Crippen molar-refractivity contribution in [2.75, 3.05) is 54.8 Å². The predicted molar refractivity (Wildman–Crippen MR) is 603 cm³/mol. The predicted octanol–water partition coefficient (Wildman–Crippen LogP) is 31.6. The second-order valence-electron chi connectivity index (χ2n) is 43.5. The van der Waals surface area contributed by atoms with Crippen molar-refractivity contribution in [2.45, 2.75) is 460 Å². The quantitative estimate of drug-likeness (QED) is 0.0210. The SMILES string of the molecule is CC(C)=NCC(=O)C1CCC(CC(C)(C)C)CC1.CC(C)C(=O)C1CCC(CN2C(=O)CC(C(C)C)C2=O)CC1.CC(C)CCCC(=O)C(C)C.CC(C)SCCCC(=O)C(C)C.CC(C)SCCCCCC(=O)C(C)C.CC(C)SSC(C)(C)CCC(=O)NN(C)c1ccc(OCCCC(=O)C(C)C)cc1.CC(C)SSCCCC(=O)C(C)C.CC(C)SSCCCCCC(=O)C(C)C. The number of nitrogens with one attached hydrogen (secondary N) is 1. The van der Waals surface area contributed by atoms with E-state index in [1.807, 2.05) is 244 Å². The number of benzene rings is 1. The third-order valence-corrected chi connectivity index (χ3v) is 35.2. The number of carbonyl (C=O) groups excluding carboxylic acids is 11. The monoisotopic (exact) mass is 2040 g/mol. The topological polar surface area (TPSA) is 228 Å². The molecule has 1 atom stereocenters. The van der Waals surface area contributed by atoms with Crippen LogP contribution in [0.25, 0.3) is 0 Å². The van der Waals surface area contributed by atoms with Gasteiger partial charge in [-0.2, -0.15) is 23.5 Å². The highest BCUT2D eigenvalue weighted by Gasteiger charge is 2.42. The number of rotatable bonds is 58. The minimum absolute atomic E-state index is 0.0101. The number of carbonyl (C=O) groups is 11. The van der Waals surface area contributed by atoms with E-state index >= 15 is 0 Å². The molecule has 2 aliphatic carbocycles. The van der Waals surface area contributed by atoms with Gasteiger partial charge in [0.1, 0.15) is 46.2 Å². The average Bonchev–Trinajstić information content (AvgIpc) is 1.67. The minimum atomic E-state index is -0.133. The highest BCUT2D eigenvalue weighted by atomic mass is 33.1. The zero-order valence-corrected chi connectivity index (χ0v) is 99.3. The number of nitrogens with zero attached hydrogens (tertiary/aromatic N) is 3. The zero-order valence-electron chi connectivity index (χ0n) is 92.7. The Morgan fingerprint density at radius 3 is 1.24 bits per heavy atom. The molecule has 16 nitrogen and oxygen atoms in total.